The molecule has 0 saturated carbocycles. The molecule has 0 spiro atoms. The SMILES string of the molecule is c1ccc(-c2ccc(N(c3ccccc3)c3ccc(-c4ccc(-n5c6ccccc6c6ccc7c8ccccc8n(-c8ccccc8)c7c65)cc4)cc3)cc2)cc1. The normalized spacial score (nSPS) is 11.5. The maximum absolute atomic E-state index is 2.46. The summed E-state index contributed by atoms with van der Waals surface area (Å²) in [7, 11) is 0. The highest BCUT2D eigenvalue weighted by molar-refractivity contribution is 6.23. The van der Waals surface area contributed by atoms with Crippen LogP contribution in [0.15, 0.2) is 224 Å². The number of para-hydroxylation sites is 4. The summed E-state index contributed by atoms with van der Waals surface area (Å²) in [6, 6.07) is 80.9. The first kappa shape index (κ1) is 32.8. The van der Waals surface area contributed by atoms with Crippen molar-refractivity contribution in [2.45, 2.75) is 0 Å². The molecule has 3 nitrogen and oxygen atoms in total. The van der Waals surface area contributed by atoms with Gasteiger partial charge in [-0.05, 0) is 95.1 Å². The van der Waals surface area contributed by atoms with E-state index in [1.807, 2.05) is 0 Å². The molecular weight excluding hydrogens is 691 g/mol. The monoisotopic (exact) mass is 727 g/mol. The first-order valence-electron chi connectivity index (χ1n) is 19.5. The molecule has 2 heterocycles. The van der Waals surface area contributed by atoms with Gasteiger partial charge in [-0.25, -0.2) is 0 Å². The van der Waals surface area contributed by atoms with Gasteiger partial charge >= 0.3 is 0 Å². The Morgan fingerprint density at radius 3 is 1.09 bits per heavy atom. The summed E-state index contributed by atoms with van der Waals surface area (Å²) in [5, 5.41) is 5.00. The fraction of sp³-hybridized carbons (Fsp3) is 0. The molecule has 0 aliphatic heterocycles. The second-order valence-corrected chi connectivity index (χ2v) is 14.6. The average molecular weight is 728 g/mol. The molecule has 268 valence electrons. The Bertz CT molecular complexity index is 3180. The lowest BCUT2D eigenvalue weighted by Crippen LogP contribution is -2.09. The third-order valence-corrected chi connectivity index (χ3v) is 11.3. The van der Waals surface area contributed by atoms with Crippen molar-refractivity contribution in [3.8, 4) is 33.6 Å². The maximum atomic E-state index is 2.46. The first-order valence-corrected chi connectivity index (χ1v) is 19.5. The summed E-state index contributed by atoms with van der Waals surface area (Å²) in [6.45, 7) is 0. The van der Waals surface area contributed by atoms with Crippen molar-refractivity contribution in [2.24, 2.45) is 0 Å². The number of fused-ring (bicyclic) bond motifs is 7. The van der Waals surface area contributed by atoms with Crippen LogP contribution in [0.25, 0.3) is 77.2 Å². The average Bonchev–Trinajstić information content (AvgIpc) is 3.81. The van der Waals surface area contributed by atoms with E-state index in [4.69, 9.17) is 0 Å². The van der Waals surface area contributed by atoms with Crippen LogP contribution in [0.3, 0.4) is 0 Å². The molecule has 0 atom stereocenters. The third kappa shape index (κ3) is 5.51. The van der Waals surface area contributed by atoms with Crippen molar-refractivity contribution < 1.29 is 0 Å². The van der Waals surface area contributed by atoms with Gasteiger partial charge < -0.3 is 14.0 Å². The van der Waals surface area contributed by atoms with E-state index in [-0.39, 0.29) is 0 Å². The second-order valence-electron chi connectivity index (χ2n) is 14.6. The lowest BCUT2D eigenvalue weighted by molar-refractivity contribution is 1.15. The Labute approximate surface area is 331 Å². The van der Waals surface area contributed by atoms with Crippen LogP contribution in [-0.2, 0) is 0 Å². The molecule has 11 aromatic rings. The van der Waals surface area contributed by atoms with Crippen LogP contribution in [0.5, 0.6) is 0 Å². The highest BCUT2D eigenvalue weighted by Gasteiger charge is 2.21. The molecule has 0 saturated heterocycles. The molecule has 0 amide bonds. The van der Waals surface area contributed by atoms with E-state index in [2.05, 4.69) is 238 Å². The summed E-state index contributed by atoms with van der Waals surface area (Å²) in [5.74, 6) is 0. The Balaban J connectivity index is 1.00. The van der Waals surface area contributed by atoms with Crippen LogP contribution in [-0.4, -0.2) is 9.13 Å². The molecule has 0 N–H and O–H groups in total. The minimum absolute atomic E-state index is 1.11. The van der Waals surface area contributed by atoms with Gasteiger partial charge in [0.15, 0.2) is 0 Å². The Hall–Kier alpha value is -7.62. The van der Waals surface area contributed by atoms with E-state index in [0.717, 1.165) is 28.4 Å². The molecule has 57 heavy (non-hydrogen) atoms. The Morgan fingerprint density at radius 1 is 0.246 bits per heavy atom. The van der Waals surface area contributed by atoms with Gasteiger partial charge in [-0.1, -0.05) is 152 Å². The predicted molar refractivity (Wildman–Crippen MR) is 241 cm³/mol. The summed E-state index contributed by atoms with van der Waals surface area (Å²) < 4.78 is 4.90. The number of anilines is 3. The van der Waals surface area contributed by atoms with Crippen LogP contribution < -0.4 is 4.90 Å². The maximum Gasteiger partial charge on any atom is 0.0788 e. The van der Waals surface area contributed by atoms with Crippen molar-refractivity contribution in [3.05, 3.63) is 224 Å². The van der Waals surface area contributed by atoms with Gasteiger partial charge in [-0.3, -0.25) is 0 Å². The van der Waals surface area contributed by atoms with Gasteiger partial charge in [0, 0.05) is 50.0 Å². The third-order valence-electron chi connectivity index (χ3n) is 11.3. The molecule has 0 fully saturated rings. The van der Waals surface area contributed by atoms with Gasteiger partial charge in [0.2, 0.25) is 0 Å². The number of aromatic nitrogens is 2. The summed E-state index contributed by atoms with van der Waals surface area (Å²) in [6.07, 6.45) is 0. The van der Waals surface area contributed by atoms with Gasteiger partial charge in [0.1, 0.15) is 0 Å². The van der Waals surface area contributed by atoms with E-state index in [1.54, 1.807) is 0 Å². The molecular formula is C54H37N3. The number of hydrogen-bond donors (Lipinski definition) is 0. The molecule has 0 radical (unpaired) electrons. The zero-order valence-corrected chi connectivity index (χ0v) is 31.2. The topological polar surface area (TPSA) is 13.1 Å². The van der Waals surface area contributed by atoms with Gasteiger partial charge in [-0.2, -0.15) is 0 Å². The summed E-state index contributed by atoms with van der Waals surface area (Å²) >= 11 is 0. The summed E-state index contributed by atoms with van der Waals surface area (Å²) in [4.78, 5) is 2.32. The number of nitrogens with zero attached hydrogens (tertiary/aromatic N) is 3. The standard InChI is InChI=1S/C54H37N3/c1-4-14-38(15-5-1)39-24-30-44(31-25-39)55(42-16-6-2-7-17-42)45-32-26-40(27-33-45)41-28-34-46(35-29-41)57-52-23-13-11-21-48(52)50-37-36-49-47-20-10-12-22-51(47)56(53(49)54(50)57)43-18-8-3-9-19-43/h1-37H. The fourth-order valence-corrected chi connectivity index (χ4v) is 8.68. The predicted octanol–water partition coefficient (Wildman–Crippen LogP) is 14.7. The molecule has 2 aromatic heterocycles. The molecule has 0 aliphatic carbocycles. The largest absolute Gasteiger partial charge is 0.311 e. The van der Waals surface area contributed by atoms with E-state index in [0.29, 0.717) is 0 Å². The van der Waals surface area contributed by atoms with Crippen LogP contribution >= 0.6 is 0 Å². The van der Waals surface area contributed by atoms with Crippen molar-refractivity contribution in [1.29, 1.82) is 0 Å². The first-order chi connectivity index (χ1) is 28.3. The zero-order chi connectivity index (χ0) is 37.7. The van der Waals surface area contributed by atoms with Crippen molar-refractivity contribution in [2.75, 3.05) is 4.90 Å². The smallest absolute Gasteiger partial charge is 0.0788 e. The van der Waals surface area contributed by atoms with Crippen LogP contribution in [0.4, 0.5) is 17.1 Å². The van der Waals surface area contributed by atoms with Crippen LogP contribution in [0.2, 0.25) is 0 Å². The summed E-state index contributed by atoms with van der Waals surface area (Å²) in [5.41, 5.74) is 15.2. The minimum Gasteiger partial charge on any atom is -0.311 e. The van der Waals surface area contributed by atoms with Crippen molar-refractivity contribution in [1.82, 2.24) is 9.13 Å². The van der Waals surface area contributed by atoms with Crippen LogP contribution in [0.1, 0.15) is 0 Å². The lowest BCUT2D eigenvalue weighted by atomic mass is 10.0. The highest BCUT2D eigenvalue weighted by atomic mass is 15.1. The molecule has 0 aliphatic rings. The number of hydrogen-bond acceptors (Lipinski definition) is 1. The van der Waals surface area contributed by atoms with Crippen molar-refractivity contribution in [3.63, 3.8) is 0 Å². The van der Waals surface area contributed by atoms with Crippen LogP contribution in [0, 0.1) is 0 Å². The van der Waals surface area contributed by atoms with Gasteiger partial charge in [0.05, 0.1) is 22.1 Å². The second kappa shape index (κ2) is 13.6. The Morgan fingerprint density at radius 2 is 0.596 bits per heavy atom. The molecule has 3 heteroatoms. The van der Waals surface area contributed by atoms with Crippen molar-refractivity contribution >= 4 is 60.7 Å². The van der Waals surface area contributed by atoms with E-state index in [1.165, 1.54) is 65.9 Å². The minimum atomic E-state index is 1.11. The molecule has 0 bridgehead atoms. The van der Waals surface area contributed by atoms with Gasteiger partial charge in [0.25, 0.3) is 0 Å². The zero-order valence-electron chi connectivity index (χ0n) is 31.2. The molecule has 11 rings (SSSR count). The van der Waals surface area contributed by atoms with E-state index in [9.17, 15) is 0 Å². The fourth-order valence-electron chi connectivity index (χ4n) is 8.68. The number of rotatable bonds is 7. The molecule has 0 unspecified atom stereocenters. The number of benzene rings is 9. The Kier molecular flexibility index (Phi) is 7.82. The molecule has 9 aromatic carbocycles. The van der Waals surface area contributed by atoms with E-state index < -0.39 is 0 Å². The van der Waals surface area contributed by atoms with E-state index >= 15 is 0 Å². The lowest BCUT2D eigenvalue weighted by Gasteiger charge is -2.26. The van der Waals surface area contributed by atoms with Gasteiger partial charge in [-0.15, -0.1) is 0 Å². The quantitative estimate of drug-likeness (QED) is 0.159. The highest BCUT2D eigenvalue weighted by Crippen LogP contribution is 2.42.